The molecule has 2 rings (SSSR count). The van der Waals surface area contributed by atoms with Gasteiger partial charge in [-0.1, -0.05) is 12.2 Å². The lowest BCUT2D eigenvalue weighted by atomic mass is 9.99. The first-order chi connectivity index (χ1) is 6.95. The highest BCUT2D eigenvalue weighted by molar-refractivity contribution is 4.94. The van der Waals surface area contributed by atoms with Gasteiger partial charge in [-0.3, -0.25) is 0 Å². The summed E-state index contributed by atoms with van der Waals surface area (Å²) >= 11 is 0. The Kier molecular flexibility index (Phi) is 4.02. The van der Waals surface area contributed by atoms with Crippen LogP contribution in [0, 0.1) is 0 Å². The SMILES string of the molecule is C1=CCC(NC2CCCOCC2)CC1. The second-order valence-electron chi connectivity index (χ2n) is 4.39. The molecule has 1 heterocycles. The van der Waals surface area contributed by atoms with Crippen LogP contribution in [0.4, 0.5) is 0 Å². The Morgan fingerprint density at radius 2 is 2.00 bits per heavy atom. The van der Waals surface area contributed by atoms with Gasteiger partial charge in [0.2, 0.25) is 0 Å². The maximum Gasteiger partial charge on any atom is 0.0480 e. The van der Waals surface area contributed by atoms with Crippen LogP contribution >= 0.6 is 0 Å². The summed E-state index contributed by atoms with van der Waals surface area (Å²) in [5, 5.41) is 3.77. The average molecular weight is 195 g/mol. The molecule has 0 radical (unpaired) electrons. The van der Waals surface area contributed by atoms with Crippen molar-refractivity contribution in [3.05, 3.63) is 12.2 Å². The Labute approximate surface area is 86.7 Å². The smallest absolute Gasteiger partial charge is 0.0480 e. The molecule has 1 N–H and O–H groups in total. The Bertz CT molecular complexity index is 183. The third kappa shape index (κ3) is 3.10. The molecule has 2 atom stereocenters. The van der Waals surface area contributed by atoms with Crippen LogP contribution < -0.4 is 5.32 Å². The number of nitrogens with one attached hydrogen (secondary N) is 1. The first kappa shape index (κ1) is 10.2. The van der Waals surface area contributed by atoms with Gasteiger partial charge < -0.3 is 10.1 Å². The van der Waals surface area contributed by atoms with Crippen molar-refractivity contribution in [2.24, 2.45) is 0 Å². The van der Waals surface area contributed by atoms with E-state index in [0.29, 0.717) is 6.04 Å². The van der Waals surface area contributed by atoms with E-state index in [1.54, 1.807) is 0 Å². The van der Waals surface area contributed by atoms with Gasteiger partial charge in [-0.25, -0.2) is 0 Å². The zero-order chi connectivity index (χ0) is 9.64. The monoisotopic (exact) mass is 195 g/mol. The molecule has 80 valence electrons. The van der Waals surface area contributed by atoms with Crippen LogP contribution in [0.1, 0.15) is 38.5 Å². The molecule has 0 amide bonds. The fourth-order valence-corrected chi connectivity index (χ4v) is 2.35. The van der Waals surface area contributed by atoms with Gasteiger partial charge in [0.1, 0.15) is 0 Å². The zero-order valence-corrected chi connectivity index (χ0v) is 8.87. The Balaban J connectivity index is 1.74. The number of allylic oxidation sites excluding steroid dienone is 1. The molecule has 0 aromatic heterocycles. The largest absolute Gasteiger partial charge is 0.381 e. The highest BCUT2D eigenvalue weighted by Crippen LogP contribution is 2.15. The van der Waals surface area contributed by atoms with E-state index in [1.807, 2.05) is 0 Å². The van der Waals surface area contributed by atoms with E-state index in [-0.39, 0.29) is 0 Å². The van der Waals surface area contributed by atoms with Gasteiger partial charge in [-0.2, -0.15) is 0 Å². The summed E-state index contributed by atoms with van der Waals surface area (Å²) in [4.78, 5) is 0. The van der Waals surface area contributed by atoms with E-state index in [1.165, 1.54) is 38.5 Å². The summed E-state index contributed by atoms with van der Waals surface area (Å²) in [6, 6.07) is 1.43. The van der Waals surface area contributed by atoms with Gasteiger partial charge in [0.05, 0.1) is 0 Å². The van der Waals surface area contributed by atoms with Crippen LogP contribution in [0.3, 0.4) is 0 Å². The third-order valence-corrected chi connectivity index (χ3v) is 3.19. The Hall–Kier alpha value is -0.340. The van der Waals surface area contributed by atoms with Crippen molar-refractivity contribution in [2.45, 2.75) is 50.6 Å². The van der Waals surface area contributed by atoms with E-state index < -0.39 is 0 Å². The van der Waals surface area contributed by atoms with Crippen molar-refractivity contribution in [1.82, 2.24) is 5.32 Å². The van der Waals surface area contributed by atoms with Gasteiger partial charge in [0.15, 0.2) is 0 Å². The summed E-state index contributed by atoms with van der Waals surface area (Å²) in [7, 11) is 0. The molecule has 2 aliphatic rings. The van der Waals surface area contributed by atoms with E-state index in [0.717, 1.165) is 19.3 Å². The summed E-state index contributed by atoms with van der Waals surface area (Å²) in [5.74, 6) is 0. The standard InChI is InChI=1S/C12H21NO/c1-2-5-11(6-3-1)13-12-7-4-9-14-10-8-12/h1-2,11-13H,3-10H2. The number of ether oxygens (including phenoxy) is 1. The lowest BCUT2D eigenvalue weighted by molar-refractivity contribution is 0.142. The first-order valence-electron chi connectivity index (χ1n) is 5.94. The Morgan fingerprint density at radius 1 is 1.00 bits per heavy atom. The molecule has 2 nitrogen and oxygen atoms in total. The molecule has 0 bridgehead atoms. The molecule has 2 unspecified atom stereocenters. The second-order valence-corrected chi connectivity index (χ2v) is 4.39. The molecule has 0 aromatic rings. The van der Waals surface area contributed by atoms with Crippen LogP contribution in [-0.2, 0) is 4.74 Å². The minimum atomic E-state index is 0.703. The minimum Gasteiger partial charge on any atom is -0.381 e. The van der Waals surface area contributed by atoms with Crippen molar-refractivity contribution in [3.8, 4) is 0 Å². The molecular formula is C12H21NO. The predicted molar refractivity (Wildman–Crippen MR) is 58.4 cm³/mol. The summed E-state index contributed by atoms with van der Waals surface area (Å²) in [5.41, 5.74) is 0. The van der Waals surface area contributed by atoms with Crippen molar-refractivity contribution < 1.29 is 4.74 Å². The molecule has 1 saturated heterocycles. The molecular weight excluding hydrogens is 174 g/mol. The van der Waals surface area contributed by atoms with Gasteiger partial charge in [-0.05, 0) is 38.5 Å². The van der Waals surface area contributed by atoms with Gasteiger partial charge in [-0.15, -0.1) is 0 Å². The van der Waals surface area contributed by atoms with E-state index in [2.05, 4.69) is 17.5 Å². The van der Waals surface area contributed by atoms with Crippen molar-refractivity contribution >= 4 is 0 Å². The minimum absolute atomic E-state index is 0.703. The third-order valence-electron chi connectivity index (χ3n) is 3.19. The normalized spacial score (nSPS) is 34.0. The van der Waals surface area contributed by atoms with Gasteiger partial charge in [0, 0.05) is 25.3 Å². The summed E-state index contributed by atoms with van der Waals surface area (Å²) < 4.78 is 5.46. The van der Waals surface area contributed by atoms with Crippen LogP contribution in [0.25, 0.3) is 0 Å². The van der Waals surface area contributed by atoms with E-state index in [4.69, 9.17) is 4.74 Å². The number of hydrogen-bond donors (Lipinski definition) is 1. The van der Waals surface area contributed by atoms with Gasteiger partial charge in [0.25, 0.3) is 0 Å². The molecule has 0 spiro atoms. The molecule has 2 heteroatoms. The molecule has 1 aliphatic carbocycles. The lowest BCUT2D eigenvalue weighted by Gasteiger charge is -2.25. The molecule has 0 saturated carbocycles. The maximum absolute atomic E-state index is 5.46. The quantitative estimate of drug-likeness (QED) is 0.682. The zero-order valence-electron chi connectivity index (χ0n) is 8.87. The van der Waals surface area contributed by atoms with Crippen LogP contribution in [0.5, 0.6) is 0 Å². The number of rotatable bonds is 2. The lowest BCUT2D eigenvalue weighted by Crippen LogP contribution is -2.38. The maximum atomic E-state index is 5.46. The van der Waals surface area contributed by atoms with Crippen molar-refractivity contribution in [3.63, 3.8) is 0 Å². The van der Waals surface area contributed by atoms with Crippen LogP contribution in [0.2, 0.25) is 0 Å². The first-order valence-corrected chi connectivity index (χ1v) is 5.94. The van der Waals surface area contributed by atoms with Crippen LogP contribution in [0.15, 0.2) is 12.2 Å². The molecule has 1 aliphatic heterocycles. The topological polar surface area (TPSA) is 21.3 Å². The summed E-state index contributed by atoms with van der Waals surface area (Å²) in [6.45, 7) is 1.91. The molecule has 1 fully saturated rings. The Morgan fingerprint density at radius 3 is 2.86 bits per heavy atom. The average Bonchev–Trinajstić information content (AvgIpc) is 2.48. The fraction of sp³-hybridized carbons (Fsp3) is 0.833. The van der Waals surface area contributed by atoms with Crippen molar-refractivity contribution in [1.29, 1.82) is 0 Å². The van der Waals surface area contributed by atoms with Crippen molar-refractivity contribution in [2.75, 3.05) is 13.2 Å². The predicted octanol–water partition coefficient (Wildman–Crippen LogP) is 2.25. The second kappa shape index (κ2) is 5.52. The van der Waals surface area contributed by atoms with E-state index in [9.17, 15) is 0 Å². The van der Waals surface area contributed by atoms with Crippen LogP contribution in [-0.4, -0.2) is 25.3 Å². The highest BCUT2D eigenvalue weighted by Gasteiger charge is 2.17. The molecule has 0 aromatic carbocycles. The van der Waals surface area contributed by atoms with E-state index >= 15 is 0 Å². The fourth-order valence-electron chi connectivity index (χ4n) is 2.35. The highest BCUT2D eigenvalue weighted by atomic mass is 16.5. The summed E-state index contributed by atoms with van der Waals surface area (Å²) in [6.07, 6.45) is 12.1. The number of hydrogen-bond acceptors (Lipinski definition) is 2. The molecule has 14 heavy (non-hydrogen) atoms. The van der Waals surface area contributed by atoms with Gasteiger partial charge >= 0.3 is 0 Å².